The van der Waals surface area contributed by atoms with Crippen LogP contribution >= 0.6 is 7.37 Å². The van der Waals surface area contributed by atoms with E-state index in [0.717, 1.165) is 24.0 Å². The minimum absolute atomic E-state index is 0.103. The molecule has 2 atom stereocenters. The summed E-state index contributed by atoms with van der Waals surface area (Å²) in [5.41, 5.74) is 2.30. The predicted molar refractivity (Wildman–Crippen MR) is 124 cm³/mol. The number of carbonyl (C=O) groups is 2. The van der Waals surface area contributed by atoms with Crippen LogP contribution in [0, 0.1) is 0 Å². The molecule has 0 radical (unpaired) electrons. The number of unbranched alkanes of at least 4 members (excludes halogenated alkanes) is 2. The Labute approximate surface area is 189 Å². The monoisotopic (exact) mass is 461 g/mol. The maximum atomic E-state index is 12.8. The first-order valence-electron chi connectivity index (χ1n) is 10.8. The molecule has 2 unspecified atom stereocenters. The fraction of sp³-hybridized carbons (Fsp3) is 0.417. The number of carbonyl (C=O) groups excluding carboxylic acids is 2. The predicted octanol–water partition coefficient (Wildman–Crippen LogP) is 5.12. The maximum Gasteiger partial charge on any atom is 0.408 e. The van der Waals surface area contributed by atoms with Crippen molar-refractivity contribution in [3.05, 3.63) is 71.3 Å². The van der Waals surface area contributed by atoms with Crippen molar-refractivity contribution in [3.8, 4) is 0 Å². The van der Waals surface area contributed by atoms with Crippen LogP contribution in [0.2, 0.25) is 0 Å². The molecule has 0 aliphatic carbocycles. The molecule has 0 aliphatic rings. The van der Waals surface area contributed by atoms with Crippen LogP contribution < -0.4 is 5.32 Å². The number of hydrogen-bond donors (Lipinski definition) is 2. The zero-order valence-corrected chi connectivity index (χ0v) is 19.6. The van der Waals surface area contributed by atoms with Gasteiger partial charge in [-0.1, -0.05) is 61.9 Å². The second-order valence-electron chi connectivity index (χ2n) is 7.57. The van der Waals surface area contributed by atoms with Gasteiger partial charge in [-0.15, -0.1) is 0 Å². The largest absolute Gasteiger partial charge is 0.465 e. The molecular weight excluding hydrogens is 429 g/mol. The molecule has 2 aromatic rings. The minimum Gasteiger partial charge on any atom is -0.465 e. The summed E-state index contributed by atoms with van der Waals surface area (Å²) in [5.74, 6) is -1.21. The molecule has 174 valence electrons. The molecule has 0 heterocycles. The third kappa shape index (κ3) is 8.13. The lowest BCUT2D eigenvalue weighted by Gasteiger charge is -2.23. The van der Waals surface area contributed by atoms with Crippen molar-refractivity contribution in [3.63, 3.8) is 0 Å². The molecule has 32 heavy (non-hydrogen) atoms. The molecule has 0 fully saturated rings. The average molecular weight is 461 g/mol. The van der Waals surface area contributed by atoms with Gasteiger partial charge in [0.05, 0.1) is 12.7 Å². The lowest BCUT2D eigenvalue weighted by atomic mass is 10.0. The molecule has 0 saturated carbocycles. The second-order valence-corrected chi connectivity index (χ2v) is 10.2. The molecule has 7 nitrogen and oxygen atoms in total. The summed E-state index contributed by atoms with van der Waals surface area (Å²) < 4.78 is 22.8. The SMILES string of the molecule is CCC(NC(=O)OCc1ccccc1)P(=O)(O)CCCCCc1ccccc1C(=O)OC. The third-order valence-electron chi connectivity index (χ3n) is 5.22. The Kier molecular flexibility index (Phi) is 10.4. The van der Waals surface area contributed by atoms with E-state index in [1.165, 1.54) is 7.11 Å². The summed E-state index contributed by atoms with van der Waals surface area (Å²) >= 11 is 0. The van der Waals surface area contributed by atoms with Crippen molar-refractivity contribution in [2.45, 2.75) is 51.4 Å². The zero-order valence-electron chi connectivity index (χ0n) is 18.7. The number of hydrogen-bond acceptors (Lipinski definition) is 5. The Bertz CT molecular complexity index is 918. The lowest BCUT2D eigenvalue weighted by Crippen LogP contribution is -2.35. The van der Waals surface area contributed by atoms with Gasteiger partial charge in [0.15, 0.2) is 0 Å². The first-order chi connectivity index (χ1) is 15.4. The van der Waals surface area contributed by atoms with E-state index in [0.29, 0.717) is 24.8 Å². The van der Waals surface area contributed by atoms with E-state index in [2.05, 4.69) is 5.32 Å². The molecule has 2 rings (SSSR count). The van der Waals surface area contributed by atoms with E-state index in [9.17, 15) is 19.0 Å². The van der Waals surface area contributed by atoms with Crippen molar-refractivity contribution in [1.82, 2.24) is 5.32 Å². The number of ether oxygens (including phenoxy) is 2. The number of esters is 1. The first kappa shape index (κ1) is 25.6. The van der Waals surface area contributed by atoms with E-state index >= 15 is 0 Å². The number of methoxy groups -OCH3 is 1. The maximum absolute atomic E-state index is 12.8. The highest BCUT2D eigenvalue weighted by Gasteiger charge is 2.30. The summed E-state index contributed by atoms with van der Waals surface area (Å²) in [7, 11) is -2.23. The van der Waals surface area contributed by atoms with Gasteiger partial charge in [0.25, 0.3) is 0 Å². The van der Waals surface area contributed by atoms with E-state index in [4.69, 9.17) is 9.47 Å². The van der Waals surface area contributed by atoms with E-state index in [1.54, 1.807) is 19.1 Å². The van der Waals surface area contributed by atoms with Crippen LogP contribution in [-0.2, 0) is 27.1 Å². The minimum atomic E-state index is -3.58. The van der Waals surface area contributed by atoms with E-state index < -0.39 is 19.2 Å². The summed E-state index contributed by atoms with van der Waals surface area (Å²) in [6.45, 7) is 1.86. The number of amides is 1. The number of nitrogens with one attached hydrogen (secondary N) is 1. The Morgan fingerprint density at radius 1 is 1.03 bits per heavy atom. The average Bonchev–Trinajstić information content (AvgIpc) is 2.81. The molecule has 0 bridgehead atoms. The normalized spacial score (nSPS) is 13.6. The van der Waals surface area contributed by atoms with Gasteiger partial charge in [-0.2, -0.15) is 0 Å². The fourth-order valence-electron chi connectivity index (χ4n) is 3.42. The van der Waals surface area contributed by atoms with Crippen LogP contribution in [0.3, 0.4) is 0 Å². The van der Waals surface area contributed by atoms with E-state index in [1.807, 2.05) is 42.5 Å². The molecule has 8 heteroatoms. The second kappa shape index (κ2) is 13.0. The highest BCUT2D eigenvalue weighted by molar-refractivity contribution is 7.58. The van der Waals surface area contributed by atoms with Crippen molar-refractivity contribution < 1.29 is 28.5 Å². The van der Waals surface area contributed by atoms with Crippen LogP contribution in [0.15, 0.2) is 54.6 Å². The van der Waals surface area contributed by atoms with Crippen molar-refractivity contribution in [2.24, 2.45) is 0 Å². The molecular formula is C24H32NO6P. The van der Waals surface area contributed by atoms with Gasteiger partial charge in [0, 0.05) is 6.16 Å². The van der Waals surface area contributed by atoms with Crippen LogP contribution in [0.5, 0.6) is 0 Å². The standard InChI is InChI=1S/C24H32NO6P/c1-3-22(25-24(27)31-18-19-12-6-4-7-13-19)32(28,29)17-11-5-8-14-20-15-9-10-16-21(20)23(26)30-2/h4,6-7,9-10,12-13,15-16,22H,3,5,8,11,14,17-18H2,1-2H3,(H,25,27)(H,28,29). The number of aryl methyl sites for hydroxylation is 1. The van der Waals surface area contributed by atoms with Crippen LogP contribution in [0.1, 0.15) is 54.1 Å². The molecule has 0 spiro atoms. The fourth-order valence-corrected chi connectivity index (χ4v) is 5.29. The topological polar surface area (TPSA) is 102 Å². The molecule has 1 amide bonds. The van der Waals surface area contributed by atoms with Crippen LogP contribution in [-0.4, -0.2) is 36.0 Å². The van der Waals surface area contributed by atoms with Crippen molar-refractivity contribution in [1.29, 1.82) is 0 Å². The van der Waals surface area contributed by atoms with Crippen LogP contribution in [0.25, 0.3) is 0 Å². The molecule has 0 aromatic heterocycles. The van der Waals surface area contributed by atoms with Crippen molar-refractivity contribution >= 4 is 19.4 Å². The van der Waals surface area contributed by atoms with Crippen LogP contribution in [0.4, 0.5) is 4.79 Å². The number of rotatable bonds is 12. The summed E-state index contributed by atoms with van der Waals surface area (Å²) in [5, 5.41) is 2.54. The highest BCUT2D eigenvalue weighted by Crippen LogP contribution is 2.47. The lowest BCUT2D eigenvalue weighted by molar-refractivity contribution is 0.0599. The molecule has 0 saturated heterocycles. The number of benzene rings is 2. The van der Waals surface area contributed by atoms with Gasteiger partial charge >= 0.3 is 12.1 Å². The van der Waals surface area contributed by atoms with Gasteiger partial charge in [0.2, 0.25) is 7.37 Å². The summed E-state index contributed by atoms with van der Waals surface area (Å²) in [6.07, 6.45) is 2.48. The Hall–Kier alpha value is -2.63. The molecule has 0 aliphatic heterocycles. The Balaban J connectivity index is 1.77. The van der Waals surface area contributed by atoms with Gasteiger partial charge in [-0.25, -0.2) is 9.59 Å². The van der Waals surface area contributed by atoms with Crippen molar-refractivity contribution in [2.75, 3.05) is 13.3 Å². The van der Waals surface area contributed by atoms with Gasteiger partial charge in [-0.3, -0.25) is 4.57 Å². The summed E-state index contributed by atoms with van der Waals surface area (Å²) in [6, 6.07) is 16.5. The first-order valence-corrected chi connectivity index (χ1v) is 12.7. The Morgan fingerprint density at radius 3 is 2.41 bits per heavy atom. The molecule has 2 N–H and O–H groups in total. The Morgan fingerprint density at radius 2 is 1.72 bits per heavy atom. The summed E-state index contributed by atoms with van der Waals surface area (Å²) in [4.78, 5) is 34.4. The molecule has 2 aromatic carbocycles. The smallest absolute Gasteiger partial charge is 0.408 e. The highest BCUT2D eigenvalue weighted by atomic mass is 31.2. The van der Waals surface area contributed by atoms with Gasteiger partial charge in [-0.05, 0) is 42.9 Å². The quantitative estimate of drug-likeness (QED) is 0.258. The van der Waals surface area contributed by atoms with Gasteiger partial charge < -0.3 is 19.7 Å². The number of alkyl carbamates (subject to hydrolysis) is 1. The third-order valence-corrected chi connectivity index (χ3v) is 7.64. The zero-order chi connectivity index (χ0) is 23.4. The van der Waals surface area contributed by atoms with E-state index in [-0.39, 0.29) is 18.7 Å². The van der Waals surface area contributed by atoms with Gasteiger partial charge in [0.1, 0.15) is 12.4 Å².